The summed E-state index contributed by atoms with van der Waals surface area (Å²) in [5, 5.41) is 12.7. The van der Waals surface area contributed by atoms with Gasteiger partial charge in [-0.3, -0.25) is 4.79 Å². The number of hydrogen-bond donors (Lipinski definition) is 2. The van der Waals surface area contributed by atoms with Crippen LogP contribution in [-0.4, -0.2) is 17.6 Å². The number of amides is 1. The van der Waals surface area contributed by atoms with Crippen molar-refractivity contribution in [2.45, 2.75) is 25.4 Å². The number of aliphatic hydroxyl groups is 1. The SMILES string of the molecule is O=C(NCC(O)c1ccc(F)cc1)C1CC=CCC1. The van der Waals surface area contributed by atoms with Gasteiger partial charge in [0.1, 0.15) is 5.82 Å². The van der Waals surface area contributed by atoms with E-state index in [-0.39, 0.29) is 24.2 Å². The summed E-state index contributed by atoms with van der Waals surface area (Å²) in [5.74, 6) is -0.357. The van der Waals surface area contributed by atoms with Crippen LogP contribution in [0.5, 0.6) is 0 Å². The summed E-state index contributed by atoms with van der Waals surface area (Å²) in [4.78, 5) is 11.9. The van der Waals surface area contributed by atoms with E-state index in [9.17, 15) is 14.3 Å². The zero-order valence-electron chi connectivity index (χ0n) is 10.7. The van der Waals surface area contributed by atoms with Crippen LogP contribution < -0.4 is 5.32 Å². The summed E-state index contributed by atoms with van der Waals surface area (Å²) < 4.78 is 12.7. The molecule has 2 atom stereocenters. The number of rotatable bonds is 4. The molecule has 102 valence electrons. The summed E-state index contributed by atoms with van der Waals surface area (Å²) in [5.41, 5.74) is 0.602. The molecule has 1 aromatic carbocycles. The lowest BCUT2D eigenvalue weighted by molar-refractivity contribution is -0.125. The van der Waals surface area contributed by atoms with E-state index < -0.39 is 6.10 Å². The van der Waals surface area contributed by atoms with Gasteiger partial charge < -0.3 is 10.4 Å². The highest BCUT2D eigenvalue weighted by atomic mass is 19.1. The topological polar surface area (TPSA) is 49.3 Å². The van der Waals surface area contributed by atoms with Gasteiger partial charge in [-0.15, -0.1) is 0 Å². The van der Waals surface area contributed by atoms with Gasteiger partial charge >= 0.3 is 0 Å². The van der Waals surface area contributed by atoms with Gasteiger partial charge in [-0.05, 0) is 37.0 Å². The number of halogens is 1. The molecule has 0 bridgehead atoms. The molecule has 0 saturated heterocycles. The molecule has 1 aromatic rings. The quantitative estimate of drug-likeness (QED) is 0.819. The number of hydrogen-bond acceptors (Lipinski definition) is 2. The fourth-order valence-electron chi connectivity index (χ4n) is 2.18. The molecule has 2 unspecified atom stereocenters. The highest BCUT2D eigenvalue weighted by molar-refractivity contribution is 5.79. The first-order valence-electron chi connectivity index (χ1n) is 6.53. The lowest BCUT2D eigenvalue weighted by atomic mass is 9.93. The number of aliphatic hydroxyl groups excluding tert-OH is 1. The minimum Gasteiger partial charge on any atom is -0.387 e. The maximum Gasteiger partial charge on any atom is 0.223 e. The average molecular weight is 263 g/mol. The third-order valence-electron chi connectivity index (χ3n) is 3.36. The van der Waals surface area contributed by atoms with Gasteiger partial charge in [0.05, 0.1) is 6.10 Å². The molecular formula is C15H18FNO2. The van der Waals surface area contributed by atoms with Gasteiger partial charge in [0, 0.05) is 12.5 Å². The zero-order chi connectivity index (χ0) is 13.7. The van der Waals surface area contributed by atoms with E-state index in [0.717, 1.165) is 19.3 Å². The van der Waals surface area contributed by atoms with Crippen molar-refractivity contribution in [3.05, 3.63) is 47.8 Å². The maximum absolute atomic E-state index is 12.7. The van der Waals surface area contributed by atoms with E-state index in [0.29, 0.717) is 5.56 Å². The molecule has 19 heavy (non-hydrogen) atoms. The van der Waals surface area contributed by atoms with Crippen molar-refractivity contribution in [2.24, 2.45) is 5.92 Å². The predicted molar refractivity (Wildman–Crippen MR) is 70.9 cm³/mol. The Morgan fingerprint density at radius 2 is 2.11 bits per heavy atom. The molecule has 0 spiro atoms. The fraction of sp³-hybridized carbons (Fsp3) is 0.400. The molecule has 2 N–H and O–H groups in total. The standard InChI is InChI=1S/C15H18FNO2/c16-13-8-6-11(7-9-13)14(18)10-17-15(19)12-4-2-1-3-5-12/h1-2,6-9,12,14,18H,3-5,10H2,(H,17,19). The molecule has 0 saturated carbocycles. The van der Waals surface area contributed by atoms with Crippen molar-refractivity contribution < 1.29 is 14.3 Å². The Morgan fingerprint density at radius 3 is 2.74 bits per heavy atom. The van der Waals surface area contributed by atoms with Crippen molar-refractivity contribution in [3.8, 4) is 0 Å². The van der Waals surface area contributed by atoms with Gasteiger partial charge in [-0.1, -0.05) is 24.3 Å². The maximum atomic E-state index is 12.7. The van der Waals surface area contributed by atoms with E-state index in [1.807, 2.05) is 6.08 Å². The molecule has 2 rings (SSSR count). The van der Waals surface area contributed by atoms with E-state index in [1.165, 1.54) is 24.3 Å². The van der Waals surface area contributed by atoms with E-state index >= 15 is 0 Å². The minimum atomic E-state index is -0.802. The molecule has 0 aromatic heterocycles. The fourth-order valence-corrected chi connectivity index (χ4v) is 2.18. The summed E-state index contributed by atoms with van der Waals surface area (Å²) >= 11 is 0. The molecule has 1 aliphatic rings. The molecule has 0 heterocycles. The average Bonchev–Trinajstić information content (AvgIpc) is 2.46. The Labute approximate surface area is 112 Å². The smallest absolute Gasteiger partial charge is 0.223 e. The third-order valence-corrected chi connectivity index (χ3v) is 3.36. The Bertz CT molecular complexity index is 456. The highest BCUT2D eigenvalue weighted by Crippen LogP contribution is 2.18. The normalized spacial score (nSPS) is 20.0. The number of carbonyl (C=O) groups excluding carboxylic acids is 1. The number of benzene rings is 1. The molecule has 0 aliphatic heterocycles. The van der Waals surface area contributed by atoms with Crippen LogP contribution in [-0.2, 0) is 4.79 Å². The lowest BCUT2D eigenvalue weighted by Crippen LogP contribution is -2.34. The van der Waals surface area contributed by atoms with Crippen molar-refractivity contribution in [1.82, 2.24) is 5.32 Å². The largest absolute Gasteiger partial charge is 0.387 e. The molecular weight excluding hydrogens is 245 g/mol. The third kappa shape index (κ3) is 3.89. The van der Waals surface area contributed by atoms with E-state index in [1.54, 1.807) is 0 Å². The zero-order valence-corrected chi connectivity index (χ0v) is 10.7. The monoisotopic (exact) mass is 263 g/mol. The first kappa shape index (κ1) is 13.7. The number of allylic oxidation sites excluding steroid dienone is 2. The van der Waals surface area contributed by atoms with Crippen molar-refractivity contribution >= 4 is 5.91 Å². The Hall–Kier alpha value is -1.68. The Kier molecular flexibility index (Phi) is 4.68. The van der Waals surface area contributed by atoms with Crippen LogP contribution in [0.25, 0.3) is 0 Å². The highest BCUT2D eigenvalue weighted by Gasteiger charge is 2.19. The molecule has 0 radical (unpaired) electrons. The molecule has 3 nitrogen and oxygen atoms in total. The van der Waals surface area contributed by atoms with Crippen LogP contribution in [0.15, 0.2) is 36.4 Å². The van der Waals surface area contributed by atoms with Crippen LogP contribution in [0, 0.1) is 11.7 Å². The molecule has 0 fully saturated rings. The molecule has 4 heteroatoms. The van der Waals surface area contributed by atoms with Crippen molar-refractivity contribution in [3.63, 3.8) is 0 Å². The van der Waals surface area contributed by atoms with Gasteiger partial charge in [0.2, 0.25) is 5.91 Å². The molecule has 1 amide bonds. The second-order valence-corrected chi connectivity index (χ2v) is 4.79. The Balaban J connectivity index is 1.82. The summed E-state index contributed by atoms with van der Waals surface area (Å²) in [6.45, 7) is 0.157. The van der Waals surface area contributed by atoms with Gasteiger partial charge in [-0.2, -0.15) is 0 Å². The lowest BCUT2D eigenvalue weighted by Gasteiger charge is -2.19. The van der Waals surface area contributed by atoms with Crippen LogP contribution in [0.2, 0.25) is 0 Å². The number of nitrogens with one attached hydrogen (secondary N) is 1. The Morgan fingerprint density at radius 1 is 1.37 bits per heavy atom. The minimum absolute atomic E-state index is 0.00502. The summed E-state index contributed by atoms with van der Waals surface area (Å²) in [6, 6.07) is 5.64. The van der Waals surface area contributed by atoms with Gasteiger partial charge in [0.15, 0.2) is 0 Å². The van der Waals surface area contributed by atoms with E-state index in [2.05, 4.69) is 11.4 Å². The van der Waals surface area contributed by atoms with Crippen LogP contribution >= 0.6 is 0 Å². The first-order valence-corrected chi connectivity index (χ1v) is 6.53. The van der Waals surface area contributed by atoms with Crippen LogP contribution in [0.4, 0.5) is 4.39 Å². The second kappa shape index (κ2) is 6.48. The van der Waals surface area contributed by atoms with Gasteiger partial charge in [0.25, 0.3) is 0 Å². The first-order chi connectivity index (χ1) is 9.16. The van der Waals surface area contributed by atoms with Crippen LogP contribution in [0.1, 0.15) is 30.9 Å². The van der Waals surface area contributed by atoms with E-state index in [4.69, 9.17) is 0 Å². The molecule has 1 aliphatic carbocycles. The second-order valence-electron chi connectivity index (χ2n) is 4.79. The van der Waals surface area contributed by atoms with Crippen LogP contribution in [0.3, 0.4) is 0 Å². The van der Waals surface area contributed by atoms with Crippen molar-refractivity contribution in [2.75, 3.05) is 6.54 Å². The van der Waals surface area contributed by atoms with Gasteiger partial charge in [-0.25, -0.2) is 4.39 Å². The predicted octanol–water partition coefficient (Wildman–Crippen LogP) is 2.33. The number of carbonyl (C=O) groups is 1. The summed E-state index contributed by atoms with van der Waals surface area (Å²) in [7, 11) is 0. The van der Waals surface area contributed by atoms with Crippen molar-refractivity contribution in [1.29, 1.82) is 0 Å². The summed E-state index contributed by atoms with van der Waals surface area (Å²) in [6.07, 6.45) is 5.84.